The summed E-state index contributed by atoms with van der Waals surface area (Å²) in [6.45, 7) is 5.23. The molecular weight excluding hydrogens is 452 g/mol. The van der Waals surface area contributed by atoms with Crippen LogP contribution in [0.5, 0.6) is 11.5 Å². The average molecular weight is 483 g/mol. The molecule has 0 radical (unpaired) electrons. The van der Waals surface area contributed by atoms with Crippen LogP contribution < -0.4 is 25.0 Å². The Morgan fingerprint density at radius 1 is 1.09 bits per heavy atom. The molecule has 2 N–H and O–H groups in total. The van der Waals surface area contributed by atoms with E-state index in [1.54, 1.807) is 43.6 Å². The highest BCUT2D eigenvalue weighted by Gasteiger charge is 2.36. The number of hydrogen-bond donors (Lipinski definition) is 2. The third-order valence-electron chi connectivity index (χ3n) is 5.98. The van der Waals surface area contributed by atoms with Gasteiger partial charge in [0.1, 0.15) is 0 Å². The Morgan fingerprint density at radius 3 is 2.49 bits per heavy atom. The zero-order valence-corrected chi connectivity index (χ0v) is 20.1. The smallest absolute Gasteiger partial charge is 0.338 e. The van der Waals surface area contributed by atoms with Gasteiger partial charge < -0.3 is 29.7 Å². The summed E-state index contributed by atoms with van der Waals surface area (Å²) in [7, 11) is 3.06. The maximum absolute atomic E-state index is 13.1. The van der Waals surface area contributed by atoms with Gasteiger partial charge in [0.2, 0.25) is 5.95 Å². The fourth-order valence-corrected chi connectivity index (χ4v) is 4.35. The minimum absolute atomic E-state index is 0.210. The van der Waals surface area contributed by atoms with Gasteiger partial charge in [0.15, 0.2) is 11.5 Å². The highest BCUT2D eigenvalue weighted by molar-refractivity contribution is 5.95. The van der Waals surface area contributed by atoms with Gasteiger partial charge in [-0.05, 0) is 19.1 Å². The zero-order valence-electron chi connectivity index (χ0n) is 20.1. The average Bonchev–Trinajstić information content (AvgIpc) is 2.88. The summed E-state index contributed by atoms with van der Waals surface area (Å²) in [4.78, 5) is 38.8. The van der Waals surface area contributed by atoms with Crippen LogP contribution in [0.4, 0.5) is 10.7 Å². The van der Waals surface area contributed by atoms with Gasteiger partial charge in [0, 0.05) is 56.4 Å². The lowest BCUT2D eigenvalue weighted by Crippen LogP contribution is -2.52. The van der Waals surface area contributed by atoms with E-state index in [2.05, 4.69) is 30.4 Å². The van der Waals surface area contributed by atoms with Crippen molar-refractivity contribution in [2.75, 3.05) is 58.5 Å². The molecule has 1 saturated heterocycles. The predicted octanol–water partition coefficient (Wildman–Crippen LogP) is 1.49. The SMILES string of the molecule is CCOC(=O)C1=C(CN2CCN(c3ncccn3)CC2)NC(=O)N[C@H]1c1cccc(OC)c1OC. The molecule has 0 unspecified atom stereocenters. The predicted molar refractivity (Wildman–Crippen MR) is 128 cm³/mol. The Balaban J connectivity index is 1.63. The Hall–Kier alpha value is -3.86. The maximum atomic E-state index is 13.1. The standard InChI is InChI=1S/C24H30N6O5/c1-4-35-22(31)19-17(15-29-11-13-30(14-12-29)23-25-9-6-10-26-23)27-24(32)28-20(19)16-7-5-8-18(33-2)21(16)34-3/h5-10,20H,4,11-15H2,1-3H3,(H2,27,28,32)/t20-/m0/s1. The van der Waals surface area contributed by atoms with Gasteiger partial charge in [-0.25, -0.2) is 19.6 Å². The second-order valence-electron chi connectivity index (χ2n) is 8.04. The summed E-state index contributed by atoms with van der Waals surface area (Å²) in [5.74, 6) is 1.14. The van der Waals surface area contributed by atoms with Crippen LogP contribution in [0.3, 0.4) is 0 Å². The first-order valence-corrected chi connectivity index (χ1v) is 11.5. The Labute approximate surface area is 204 Å². The molecular formula is C24H30N6O5. The van der Waals surface area contributed by atoms with Crippen molar-refractivity contribution in [3.05, 3.63) is 53.5 Å². The van der Waals surface area contributed by atoms with E-state index in [1.165, 1.54) is 14.2 Å². The molecule has 1 fully saturated rings. The van der Waals surface area contributed by atoms with Crippen molar-refractivity contribution in [3.63, 3.8) is 0 Å². The Morgan fingerprint density at radius 2 is 1.83 bits per heavy atom. The molecule has 4 rings (SSSR count). The van der Waals surface area contributed by atoms with Crippen LogP contribution in [0.25, 0.3) is 0 Å². The van der Waals surface area contributed by atoms with E-state index in [0.717, 1.165) is 13.1 Å². The van der Waals surface area contributed by atoms with Crippen LogP contribution in [-0.4, -0.2) is 80.4 Å². The van der Waals surface area contributed by atoms with Crippen LogP contribution in [0.2, 0.25) is 0 Å². The summed E-state index contributed by atoms with van der Waals surface area (Å²) in [6.07, 6.45) is 3.45. The minimum atomic E-state index is -0.762. The number of urea groups is 1. The molecule has 0 aliphatic carbocycles. The lowest BCUT2D eigenvalue weighted by Gasteiger charge is -2.37. The highest BCUT2D eigenvalue weighted by Crippen LogP contribution is 2.39. The molecule has 1 aromatic carbocycles. The summed E-state index contributed by atoms with van der Waals surface area (Å²) in [6, 6.07) is 5.97. The summed E-state index contributed by atoms with van der Waals surface area (Å²) in [5.41, 5.74) is 1.45. The van der Waals surface area contributed by atoms with E-state index in [0.29, 0.717) is 53.9 Å². The van der Waals surface area contributed by atoms with E-state index in [9.17, 15) is 9.59 Å². The number of nitrogens with zero attached hydrogens (tertiary/aromatic N) is 4. The van der Waals surface area contributed by atoms with Gasteiger partial charge >= 0.3 is 12.0 Å². The van der Waals surface area contributed by atoms with Crippen molar-refractivity contribution in [1.82, 2.24) is 25.5 Å². The van der Waals surface area contributed by atoms with Crippen molar-refractivity contribution in [1.29, 1.82) is 0 Å². The molecule has 35 heavy (non-hydrogen) atoms. The Bertz CT molecular complexity index is 1090. The number of hydrogen-bond acceptors (Lipinski definition) is 9. The number of carbonyl (C=O) groups excluding carboxylic acids is 2. The number of piperazine rings is 1. The van der Waals surface area contributed by atoms with Crippen LogP contribution >= 0.6 is 0 Å². The van der Waals surface area contributed by atoms with Crippen molar-refractivity contribution in [2.45, 2.75) is 13.0 Å². The minimum Gasteiger partial charge on any atom is -0.493 e. The monoisotopic (exact) mass is 482 g/mol. The third-order valence-corrected chi connectivity index (χ3v) is 5.98. The van der Waals surface area contributed by atoms with E-state index in [4.69, 9.17) is 14.2 Å². The van der Waals surface area contributed by atoms with Crippen molar-refractivity contribution in [3.8, 4) is 11.5 Å². The zero-order chi connectivity index (χ0) is 24.8. The number of methoxy groups -OCH3 is 2. The highest BCUT2D eigenvalue weighted by atomic mass is 16.5. The molecule has 3 heterocycles. The molecule has 0 saturated carbocycles. The number of amides is 2. The van der Waals surface area contributed by atoms with E-state index in [1.807, 2.05) is 0 Å². The summed E-state index contributed by atoms with van der Waals surface area (Å²) >= 11 is 0. The molecule has 2 aromatic rings. The number of carbonyl (C=O) groups is 2. The number of anilines is 1. The lowest BCUT2D eigenvalue weighted by atomic mass is 9.93. The lowest BCUT2D eigenvalue weighted by molar-refractivity contribution is -0.139. The molecule has 186 valence electrons. The molecule has 1 aromatic heterocycles. The second-order valence-corrected chi connectivity index (χ2v) is 8.04. The molecule has 2 aliphatic rings. The first-order valence-electron chi connectivity index (χ1n) is 11.5. The molecule has 2 aliphatic heterocycles. The number of benzene rings is 1. The van der Waals surface area contributed by atoms with E-state index < -0.39 is 18.0 Å². The molecule has 11 nitrogen and oxygen atoms in total. The topological polar surface area (TPSA) is 118 Å². The molecule has 1 atom stereocenters. The van der Waals surface area contributed by atoms with Gasteiger partial charge in [-0.15, -0.1) is 0 Å². The van der Waals surface area contributed by atoms with E-state index >= 15 is 0 Å². The van der Waals surface area contributed by atoms with Crippen LogP contribution in [0.1, 0.15) is 18.5 Å². The van der Waals surface area contributed by atoms with Gasteiger partial charge in [-0.2, -0.15) is 0 Å². The second kappa shape index (κ2) is 11.0. The van der Waals surface area contributed by atoms with Gasteiger partial charge in [0.25, 0.3) is 0 Å². The molecule has 0 bridgehead atoms. The first kappa shape index (κ1) is 24.3. The molecule has 0 spiro atoms. The fraction of sp³-hybridized carbons (Fsp3) is 0.417. The number of aromatic nitrogens is 2. The summed E-state index contributed by atoms with van der Waals surface area (Å²) in [5, 5.41) is 5.69. The number of ether oxygens (including phenoxy) is 3. The van der Waals surface area contributed by atoms with Crippen molar-refractivity contribution >= 4 is 17.9 Å². The largest absolute Gasteiger partial charge is 0.493 e. The Kier molecular flexibility index (Phi) is 7.66. The fourth-order valence-electron chi connectivity index (χ4n) is 4.35. The number of esters is 1. The first-order chi connectivity index (χ1) is 17.0. The summed E-state index contributed by atoms with van der Waals surface area (Å²) < 4.78 is 16.4. The maximum Gasteiger partial charge on any atom is 0.338 e. The van der Waals surface area contributed by atoms with E-state index in [-0.39, 0.29) is 6.61 Å². The quantitative estimate of drug-likeness (QED) is 0.540. The van der Waals surface area contributed by atoms with Crippen LogP contribution in [0.15, 0.2) is 47.9 Å². The molecule has 11 heteroatoms. The normalized spacial score (nSPS) is 18.5. The number of para-hydroxylation sites is 1. The van der Waals surface area contributed by atoms with Crippen molar-refractivity contribution < 1.29 is 23.8 Å². The van der Waals surface area contributed by atoms with Gasteiger partial charge in [-0.3, -0.25) is 4.90 Å². The number of nitrogens with one attached hydrogen (secondary N) is 2. The van der Waals surface area contributed by atoms with Crippen molar-refractivity contribution in [2.24, 2.45) is 0 Å². The number of rotatable bonds is 8. The van der Waals surface area contributed by atoms with Gasteiger partial charge in [-0.1, -0.05) is 12.1 Å². The van der Waals surface area contributed by atoms with Crippen LogP contribution in [-0.2, 0) is 9.53 Å². The molecule has 2 amide bonds. The third kappa shape index (κ3) is 5.29. The van der Waals surface area contributed by atoms with Gasteiger partial charge in [0.05, 0.1) is 32.4 Å². The van der Waals surface area contributed by atoms with Crippen LogP contribution in [0, 0.1) is 0 Å².